The third-order valence-electron chi connectivity index (χ3n) is 3.49. The molecule has 0 amide bonds. The first-order chi connectivity index (χ1) is 10.8. The maximum atomic E-state index is 12.4. The molecule has 0 radical (unpaired) electrons. The zero-order chi connectivity index (χ0) is 16.9. The van der Waals surface area contributed by atoms with E-state index in [2.05, 4.69) is 9.97 Å². The van der Waals surface area contributed by atoms with Gasteiger partial charge >= 0.3 is 5.69 Å². The highest BCUT2D eigenvalue weighted by atomic mass is 16.3. The molecule has 0 aliphatic carbocycles. The summed E-state index contributed by atoms with van der Waals surface area (Å²) in [5.74, 6) is -3.27. The highest BCUT2D eigenvalue weighted by Crippen LogP contribution is 2.43. The molecule has 0 atom stereocenters. The van der Waals surface area contributed by atoms with Gasteiger partial charge in [-0.2, -0.15) is 0 Å². The van der Waals surface area contributed by atoms with E-state index >= 15 is 0 Å². The maximum Gasteiger partial charge on any atom is 0.330 e. The molecule has 0 fully saturated rings. The van der Waals surface area contributed by atoms with Gasteiger partial charge in [0.05, 0.1) is 12.9 Å². The Bertz CT molecular complexity index is 1050. The van der Waals surface area contributed by atoms with Crippen molar-refractivity contribution >= 4 is 11.2 Å². The number of rotatable bonds is 2. The third kappa shape index (κ3) is 2.08. The molecule has 10 nitrogen and oxygen atoms in total. The minimum Gasteiger partial charge on any atom is -0.504 e. The molecule has 0 spiro atoms. The number of hydrogen-bond donors (Lipinski definition) is 5. The van der Waals surface area contributed by atoms with E-state index in [-0.39, 0.29) is 16.7 Å². The number of aromatic nitrogens is 4. The Morgan fingerprint density at radius 3 is 2.52 bits per heavy atom. The molecule has 0 saturated heterocycles. The maximum absolute atomic E-state index is 12.4. The Kier molecular flexibility index (Phi) is 3.03. The summed E-state index contributed by atoms with van der Waals surface area (Å²) < 4.78 is 2.20. The van der Waals surface area contributed by atoms with Crippen molar-refractivity contribution in [2.75, 3.05) is 0 Å². The van der Waals surface area contributed by atoms with Crippen molar-refractivity contribution in [3.05, 3.63) is 38.8 Å². The van der Waals surface area contributed by atoms with Crippen molar-refractivity contribution in [2.24, 2.45) is 7.05 Å². The minimum absolute atomic E-state index is 0.119. The molecule has 0 aliphatic heterocycles. The number of aryl methyl sites for hydroxylation is 1. The molecule has 10 heteroatoms. The largest absolute Gasteiger partial charge is 0.504 e. The Labute approximate surface area is 127 Å². The lowest BCUT2D eigenvalue weighted by Gasteiger charge is -2.10. The smallest absolute Gasteiger partial charge is 0.330 e. The normalized spacial score (nSPS) is 11.2. The fraction of sp³-hybridized carbons (Fsp3) is 0.154. The molecular weight excluding hydrogens is 308 g/mol. The lowest BCUT2D eigenvalue weighted by atomic mass is 10.1. The Hall–Kier alpha value is -3.43. The van der Waals surface area contributed by atoms with Crippen molar-refractivity contribution < 1.29 is 20.4 Å². The number of nitrogens with zero attached hydrogens (tertiary/aromatic N) is 3. The Balaban J connectivity index is 2.22. The Morgan fingerprint density at radius 2 is 1.83 bits per heavy atom. The molecular formula is C13H12N4O6. The van der Waals surface area contributed by atoms with Gasteiger partial charge in [0, 0.05) is 12.6 Å². The topological polar surface area (TPSA) is 154 Å². The summed E-state index contributed by atoms with van der Waals surface area (Å²) >= 11 is 0. The quantitative estimate of drug-likeness (QED) is 0.309. The van der Waals surface area contributed by atoms with Gasteiger partial charge in [0.2, 0.25) is 11.5 Å². The lowest BCUT2D eigenvalue weighted by Crippen LogP contribution is -2.36. The summed E-state index contributed by atoms with van der Waals surface area (Å²) in [5.41, 5.74) is -1.27. The van der Waals surface area contributed by atoms with Crippen LogP contribution in [0.2, 0.25) is 0 Å². The molecule has 0 aliphatic rings. The molecule has 5 N–H and O–H groups in total. The highest BCUT2D eigenvalue weighted by molar-refractivity contribution is 5.69. The Morgan fingerprint density at radius 1 is 1.13 bits per heavy atom. The number of benzene rings is 1. The van der Waals surface area contributed by atoms with E-state index in [0.29, 0.717) is 0 Å². The molecule has 0 unspecified atom stereocenters. The van der Waals surface area contributed by atoms with Gasteiger partial charge in [0.25, 0.3) is 5.56 Å². The van der Waals surface area contributed by atoms with Crippen LogP contribution >= 0.6 is 0 Å². The van der Waals surface area contributed by atoms with E-state index in [0.717, 1.165) is 10.6 Å². The van der Waals surface area contributed by atoms with Crippen molar-refractivity contribution in [1.82, 2.24) is 19.1 Å². The number of nitrogens with one attached hydrogen (secondary N) is 1. The van der Waals surface area contributed by atoms with Gasteiger partial charge in [-0.05, 0) is 6.07 Å². The van der Waals surface area contributed by atoms with Crippen LogP contribution in [0.15, 0.2) is 22.0 Å². The van der Waals surface area contributed by atoms with Crippen LogP contribution in [-0.4, -0.2) is 39.5 Å². The van der Waals surface area contributed by atoms with Crippen LogP contribution in [0.5, 0.6) is 23.0 Å². The average Bonchev–Trinajstić information content (AvgIpc) is 2.87. The molecule has 120 valence electrons. The fourth-order valence-electron chi connectivity index (χ4n) is 2.28. The van der Waals surface area contributed by atoms with E-state index in [1.165, 1.54) is 10.9 Å². The van der Waals surface area contributed by atoms with Gasteiger partial charge in [0.15, 0.2) is 22.7 Å². The van der Waals surface area contributed by atoms with E-state index in [9.17, 15) is 30.0 Å². The van der Waals surface area contributed by atoms with Crippen LogP contribution < -0.4 is 11.2 Å². The van der Waals surface area contributed by atoms with Crippen molar-refractivity contribution in [3.63, 3.8) is 0 Å². The summed E-state index contributed by atoms with van der Waals surface area (Å²) in [6, 6.07) is 0.948. The molecule has 2 aromatic heterocycles. The number of aromatic amines is 1. The third-order valence-corrected chi connectivity index (χ3v) is 3.49. The number of H-pyrrole nitrogens is 1. The van der Waals surface area contributed by atoms with Crippen LogP contribution in [0, 0.1) is 0 Å². The van der Waals surface area contributed by atoms with Gasteiger partial charge in [-0.3, -0.25) is 14.3 Å². The number of imidazole rings is 1. The van der Waals surface area contributed by atoms with Gasteiger partial charge in [-0.1, -0.05) is 0 Å². The van der Waals surface area contributed by atoms with Gasteiger partial charge in [-0.15, -0.1) is 0 Å². The number of fused-ring (bicyclic) bond motifs is 1. The molecule has 0 bridgehead atoms. The SMILES string of the molecule is Cn1cnc2[nH]c(=O)n(Cc3cc(O)c(O)c(O)c3O)c(=O)c21. The zero-order valence-electron chi connectivity index (χ0n) is 11.8. The number of aromatic hydroxyl groups is 4. The molecule has 2 heterocycles. The predicted octanol–water partition coefficient (Wildman–Crippen LogP) is -0.706. The van der Waals surface area contributed by atoms with E-state index in [4.69, 9.17) is 0 Å². The number of phenols is 4. The van der Waals surface area contributed by atoms with Gasteiger partial charge in [0.1, 0.15) is 0 Å². The van der Waals surface area contributed by atoms with Crippen LogP contribution in [0.4, 0.5) is 0 Å². The first-order valence-electron chi connectivity index (χ1n) is 6.41. The molecule has 23 heavy (non-hydrogen) atoms. The van der Waals surface area contributed by atoms with E-state index < -0.39 is 40.8 Å². The standard InChI is InChI=1S/C13H12N4O6/c1-16-4-14-11-7(16)12(22)17(13(23)15-11)3-5-2-6(18)9(20)10(21)8(5)19/h2,4,18-21H,3H2,1H3,(H,15,23). The molecule has 0 saturated carbocycles. The van der Waals surface area contributed by atoms with Crippen molar-refractivity contribution in [3.8, 4) is 23.0 Å². The molecule has 3 aromatic rings. The summed E-state index contributed by atoms with van der Waals surface area (Å²) in [6.45, 7) is -0.428. The monoisotopic (exact) mass is 320 g/mol. The minimum atomic E-state index is -0.939. The molecule has 3 rings (SSSR count). The van der Waals surface area contributed by atoms with E-state index in [1.807, 2.05) is 0 Å². The average molecular weight is 320 g/mol. The van der Waals surface area contributed by atoms with Gasteiger partial charge < -0.3 is 25.0 Å². The van der Waals surface area contributed by atoms with Crippen LogP contribution in [0.3, 0.4) is 0 Å². The predicted molar refractivity (Wildman–Crippen MR) is 77.8 cm³/mol. The summed E-state index contributed by atoms with van der Waals surface area (Å²) in [7, 11) is 1.58. The lowest BCUT2D eigenvalue weighted by molar-refractivity contribution is 0.342. The van der Waals surface area contributed by atoms with Crippen molar-refractivity contribution in [2.45, 2.75) is 6.54 Å². The van der Waals surface area contributed by atoms with Crippen LogP contribution in [-0.2, 0) is 13.6 Å². The van der Waals surface area contributed by atoms with Crippen LogP contribution in [0.25, 0.3) is 11.2 Å². The number of phenolic OH excluding ortho intramolecular Hbond substituents is 4. The van der Waals surface area contributed by atoms with Crippen LogP contribution in [0.1, 0.15) is 5.56 Å². The summed E-state index contributed by atoms with van der Waals surface area (Å²) in [4.78, 5) is 30.7. The van der Waals surface area contributed by atoms with Crippen molar-refractivity contribution in [1.29, 1.82) is 0 Å². The zero-order valence-corrected chi connectivity index (χ0v) is 11.8. The van der Waals surface area contributed by atoms with E-state index in [1.54, 1.807) is 7.05 Å². The number of hydrogen-bond acceptors (Lipinski definition) is 7. The molecule has 1 aromatic carbocycles. The second-order valence-corrected chi connectivity index (χ2v) is 4.97. The van der Waals surface area contributed by atoms with Gasteiger partial charge in [-0.25, -0.2) is 9.78 Å². The highest BCUT2D eigenvalue weighted by Gasteiger charge is 2.19. The first-order valence-corrected chi connectivity index (χ1v) is 6.41. The summed E-state index contributed by atoms with van der Waals surface area (Å²) in [6.07, 6.45) is 1.36. The second-order valence-electron chi connectivity index (χ2n) is 4.97. The first kappa shape index (κ1) is 14.5. The summed E-state index contributed by atoms with van der Waals surface area (Å²) in [5, 5.41) is 38.2. The fourth-order valence-corrected chi connectivity index (χ4v) is 2.28. The second kappa shape index (κ2) is 4.80.